The van der Waals surface area contributed by atoms with E-state index in [4.69, 9.17) is 4.74 Å². The summed E-state index contributed by atoms with van der Waals surface area (Å²) in [5, 5.41) is 9.89. The van der Waals surface area contributed by atoms with Gasteiger partial charge < -0.3 is 15.4 Å². The first-order valence-electron chi connectivity index (χ1n) is 8.81. The number of hydrogen-bond donors (Lipinski definition) is 2. The molecule has 0 spiro atoms. The number of nitrogens with one attached hydrogen (secondary N) is 2. The molecule has 0 radical (unpaired) electrons. The summed E-state index contributed by atoms with van der Waals surface area (Å²) in [5.74, 6) is 0.806. The zero-order valence-electron chi connectivity index (χ0n) is 14.4. The highest BCUT2D eigenvalue weighted by atomic mass is 32.1. The van der Waals surface area contributed by atoms with Gasteiger partial charge in [-0.25, -0.2) is 4.98 Å². The molecule has 130 valence electrons. The normalized spacial score (nSPS) is 17.0. The Morgan fingerprint density at radius 3 is 2.74 bits per heavy atom. The lowest BCUT2D eigenvalue weighted by Crippen LogP contribution is -2.39. The van der Waals surface area contributed by atoms with Crippen LogP contribution in [0.3, 0.4) is 0 Å². The van der Waals surface area contributed by atoms with E-state index in [9.17, 15) is 0 Å². The van der Waals surface area contributed by atoms with Gasteiger partial charge in [0.2, 0.25) is 0 Å². The summed E-state index contributed by atoms with van der Waals surface area (Å²) in [6.45, 7) is 4.36. The molecule has 2 rings (SSSR count). The van der Waals surface area contributed by atoms with E-state index in [2.05, 4.69) is 32.9 Å². The van der Waals surface area contributed by atoms with Gasteiger partial charge in [0.15, 0.2) is 5.96 Å². The van der Waals surface area contributed by atoms with Crippen LogP contribution < -0.4 is 10.6 Å². The predicted molar refractivity (Wildman–Crippen MR) is 97.1 cm³/mol. The van der Waals surface area contributed by atoms with Gasteiger partial charge >= 0.3 is 0 Å². The molecule has 0 saturated heterocycles. The van der Waals surface area contributed by atoms with Crippen LogP contribution in [-0.2, 0) is 17.7 Å². The molecule has 2 N–H and O–H groups in total. The van der Waals surface area contributed by atoms with Gasteiger partial charge in [0.25, 0.3) is 0 Å². The van der Waals surface area contributed by atoms with Crippen molar-refractivity contribution < 1.29 is 4.74 Å². The van der Waals surface area contributed by atoms with Crippen LogP contribution >= 0.6 is 11.3 Å². The summed E-state index contributed by atoms with van der Waals surface area (Å²) in [4.78, 5) is 8.79. The molecule has 1 fully saturated rings. The summed E-state index contributed by atoms with van der Waals surface area (Å²) < 4.78 is 5.98. The second-order valence-corrected chi connectivity index (χ2v) is 6.87. The van der Waals surface area contributed by atoms with Crippen LogP contribution in [0.1, 0.15) is 56.2 Å². The van der Waals surface area contributed by atoms with Crippen molar-refractivity contribution in [3.05, 3.63) is 16.1 Å². The maximum absolute atomic E-state index is 5.98. The Kier molecular flexibility index (Phi) is 8.39. The lowest BCUT2D eigenvalue weighted by atomic mass is 10.1. The second kappa shape index (κ2) is 10.6. The minimum Gasteiger partial charge on any atom is -0.376 e. The van der Waals surface area contributed by atoms with Crippen LogP contribution in [0.25, 0.3) is 0 Å². The molecule has 0 unspecified atom stereocenters. The highest BCUT2D eigenvalue weighted by Crippen LogP contribution is 2.19. The number of hydrogen-bond acceptors (Lipinski definition) is 4. The number of guanidine groups is 1. The maximum Gasteiger partial charge on any atom is 0.191 e. The lowest BCUT2D eigenvalue weighted by Gasteiger charge is -2.16. The molecule has 0 atom stereocenters. The molecular weight excluding hydrogens is 308 g/mol. The molecule has 23 heavy (non-hydrogen) atoms. The molecule has 0 aromatic carbocycles. The first-order chi connectivity index (χ1) is 11.3. The van der Waals surface area contributed by atoms with Gasteiger partial charge in [0.1, 0.15) is 0 Å². The Labute approximate surface area is 144 Å². The van der Waals surface area contributed by atoms with Crippen molar-refractivity contribution in [1.29, 1.82) is 0 Å². The van der Waals surface area contributed by atoms with Crippen LogP contribution in [0, 0.1) is 0 Å². The highest BCUT2D eigenvalue weighted by molar-refractivity contribution is 7.09. The first-order valence-corrected chi connectivity index (χ1v) is 9.69. The maximum atomic E-state index is 5.98. The predicted octanol–water partition coefficient (Wildman–Crippen LogP) is 3.11. The molecule has 0 bridgehead atoms. The Balaban J connectivity index is 1.60. The van der Waals surface area contributed by atoms with Gasteiger partial charge in [0, 0.05) is 19.0 Å². The van der Waals surface area contributed by atoms with Gasteiger partial charge in [0.05, 0.1) is 30.0 Å². The number of aromatic nitrogens is 1. The standard InChI is InChI=1S/C17H30N4OS/c1-3-16-21-14(13-23-16)12-20-17(18-2)19-10-11-22-15-8-6-4-5-7-9-15/h13,15H,3-12H2,1-2H3,(H2,18,19,20). The molecule has 1 heterocycles. The molecule has 6 heteroatoms. The zero-order valence-corrected chi connectivity index (χ0v) is 15.3. The third-order valence-electron chi connectivity index (χ3n) is 4.11. The van der Waals surface area contributed by atoms with E-state index in [1.807, 2.05) is 0 Å². The van der Waals surface area contributed by atoms with Crippen molar-refractivity contribution >= 4 is 17.3 Å². The molecule has 0 aliphatic heterocycles. The Hall–Kier alpha value is -1.14. The van der Waals surface area contributed by atoms with Crippen LogP contribution in [0.2, 0.25) is 0 Å². The van der Waals surface area contributed by atoms with Crippen molar-refractivity contribution in [2.75, 3.05) is 20.2 Å². The first kappa shape index (κ1) is 18.2. The van der Waals surface area contributed by atoms with E-state index in [1.54, 1.807) is 18.4 Å². The van der Waals surface area contributed by atoms with Gasteiger partial charge in [-0.05, 0) is 19.3 Å². The Morgan fingerprint density at radius 1 is 1.30 bits per heavy atom. The fourth-order valence-corrected chi connectivity index (χ4v) is 3.54. The molecular formula is C17H30N4OS. The second-order valence-electron chi connectivity index (χ2n) is 5.92. The summed E-state index contributed by atoms with van der Waals surface area (Å²) >= 11 is 1.72. The zero-order chi connectivity index (χ0) is 16.3. The summed E-state index contributed by atoms with van der Waals surface area (Å²) in [6, 6.07) is 0. The van der Waals surface area contributed by atoms with E-state index in [1.165, 1.54) is 43.5 Å². The third-order valence-corrected chi connectivity index (χ3v) is 5.15. The van der Waals surface area contributed by atoms with E-state index >= 15 is 0 Å². The minimum atomic E-state index is 0.455. The number of ether oxygens (including phenoxy) is 1. The van der Waals surface area contributed by atoms with Crippen molar-refractivity contribution in [3.63, 3.8) is 0 Å². The van der Waals surface area contributed by atoms with Crippen LogP contribution in [0.15, 0.2) is 10.4 Å². The van der Waals surface area contributed by atoms with Crippen molar-refractivity contribution in [3.8, 4) is 0 Å². The number of aryl methyl sites for hydroxylation is 1. The Bertz CT molecular complexity index is 467. The largest absolute Gasteiger partial charge is 0.376 e. The summed E-state index contributed by atoms with van der Waals surface area (Å²) in [7, 11) is 1.79. The van der Waals surface area contributed by atoms with Crippen molar-refractivity contribution in [2.45, 2.75) is 64.5 Å². The number of thiazole rings is 1. The van der Waals surface area contributed by atoms with E-state index in [0.717, 1.165) is 31.2 Å². The molecule has 1 saturated carbocycles. The van der Waals surface area contributed by atoms with Gasteiger partial charge in [-0.15, -0.1) is 11.3 Å². The monoisotopic (exact) mass is 338 g/mol. The molecule has 5 nitrogen and oxygen atoms in total. The van der Waals surface area contributed by atoms with Crippen LogP contribution in [0.4, 0.5) is 0 Å². The molecule has 1 aromatic heterocycles. The number of nitrogens with zero attached hydrogens (tertiary/aromatic N) is 2. The van der Waals surface area contributed by atoms with Gasteiger partial charge in [-0.3, -0.25) is 4.99 Å². The van der Waals surface area contributed by atoms with Crippen molar-refractivity contribution in [2.24, 2.45) is 4.99 Å². The third kappa shape index (κ3) is 6.87. The average molecular weight is 339 g/mol. The number of aliphatic imine (C=N–C) groups is 1. The van der Waals surface area contributed by atoms with Gasteiger partial charge in [-0.2, -0.15) is 0 Å². The lowest BCUT2D eigenvalue weighted by molar-refractivity contribution is 0.0468. The topological polar surface area (TPSA) is 58.5 Å². The quantitative estimate of drug-likeness (QED) is 0.347. The summed E-state index contributed by atoms with van der Waals surface area (Å²) in [6.07, 6.45) is 9.25. The Morgan fingerprint density at radius 2 is 2.09 bits per heavy atom. The fraction of sp³-hybridized carbons (Fsp3) is 0.765. The minimum absolute atomic E-state index is 0.455. The van der Waals surface area contributed by atoms with E-state index in [0.29, 0.717) is 12.6 Å². The highest BCUT2D eigenvalue weighted by Gasteiger charge is 2.12. The number of rotatable bonds is 7. The summed E-state index contributed by atoms with van der Waals surface area (Å²) in [5.41, 5.74) is 1.07. The van der Waals surface area contributed by atoms with Crippen LogP contribution in [0.5, 0.6) is 0 Å². The molecule has 1 aliphatic rings. The fourth-order valence-electron chi connectivity index (χ4n) is 2.79. The molecule has 1 aliphatic carbocycles. The van der Waals surface area contributed by atoms with E-state index < -0.39 is 0 Å². The van der Waals surface area contributed by atoms with E-state index in [-0.39, 0.29) is 0 Å². The van der Waals surface area contributed by atoms with Gasteiger partial charge in [-0.1, -0.05) is 32.6 Å². The molecule has 1 aromatic rings. The smallest absolute Gasteiger partial charge is 0.191 e. The van der Waals surface area contributed by atoms with Crippen molar-refractivity contribution in [1.82, 2.24) is 15.6 Å². The SMILES string of the molecule is CCc1nc(CNC(=NC)NCCOC2CCCCCC2)cs1. The molecule has 0 amide bonds. The van der Waals surface area contributed by atoms with Crippen LogP contribution in [-0.4, -0.2) is 37.2 Å². The average Bonchev–Trinajstić information content (AvgIpc) is 2.88.